The number of alkyl halides is 2. The van der Waals surface area contributed by atoms with E-state index in [2.05, 4.69) is 26.7 Å². The molecule has 1 saturated carbocycles. The van der Waals surface area contributed by atoms with Crippen LogP contribution in [0.1, 0.15) is 25.3 Å². The number of carbonyl (C=O) groups is 1. The van der Waals surface area contributed by atoms with E-state index in [1.807, 2.05) is 0 Å². The Balaban J connectivity index is 1.38. The van der Waals surface area contributed by atoms with E-state index >= 15 is 0 Å². The summed E-state index contributed by atoms with van der Waals surface area (Å²) in [4.78, 5) is 35.8. The molecule has 2 saturated heterocycles. The molecular formula is C23H28F2N8O2. The lowest BCUT2D eigenvalue weighted by molar-refractivity contribution is -0.117. The Kier molecular flexibility index (Phi) is 4.98. The first-order chi connectivity index (χ1) is 16.8. The Bertz CT molecular complexity index is 1160. The molecule has 0 bridgehead atoms. The highest BCUT2D eigenvalue weighted by atomic mass is 19.3. The largest absolute Gasteiger partial charge is 0.378 e. The molecule has 0 amide bonds. The van der Waals surface area contributed by atoms with Crippen molar-refractivity contribution in [1.29, 1.82) is 0 Å². The minimum atomic E-state index is -2.96. The summed E-state index contributed by atoms with van der Waals surface area (Å²) in [6.07, 6.45) is 4.74. The van der Waals surface area contributed by atoms with Crippen LogP contribution in [0.5, 0.6) is 0 Å². The first-order valence-electron chi connectivity index (χ1n) is 11.9. The molecule has 3 aliphatic heterocycles. The van der Waals surface area contributed by atoms with Gasteiger partial charge in [0.15, 0.2) is 0 Å². The molecule has 0 spiro atoms. The first-order valence-corrected chi connectivity index (χ1v) is 11.9. The normalized spacial score (nSPS) is 29.9. The Morgan fingerprint density at radius 3 is 2.49 bits per heavy atom. The van der Waals surface area contributed by atoms with E-state index in [9.17, 15) is 13.6 Å². The van der Waals surface area contributed by atoms with Crippen LogP contribution in [0.2, 0.25) is 0 Å². The van der Waals surface area contributed by atoms with E-state index in [-0.39, 0.29) is 5.95 Å². The van der Waals surface area contributed by atoms with E-state index in [1.165, 1.54) is 0 Å². The average molecular weight is 487 g/mol. The van der Waals surface area contributed by atoms with Crippen molar-refractivity contribution in [1.82, 2.24) is 24.8 Å². The van der Waals surface area contributed by atoms with Crippen molar-refractivity contribution >= 4 is 24.0 Å². The molecule has 2 atom stereocenters. The fourth-order valence-electron chi connectivity index (χ4n) is 5.72. The summed E-state index contributed by atoms with van der Waals surface area (Å²) >= 11 is 0. The number of morpholine rings is 1. The number of likely N-dealkylation sites (tertiary alicyclic amines) is 1. The van der Waals surface area contributed by atoms with Crippen LogP contribution in [0.15, 0.2) is 12.4 Å². The number of rotatable bonds is 5. The number of fused-ring (bicyclic) bond motifs is 1. The number of aldehydes is 1. The Hall–Kier alpha value is -2.99. The highest BCUT2D eigenvalue weighted by Gasteiger charge is 2.75. The summed E-state index contributed by atoms with van der Waals surface area (Å²) < 4.78 is 33.8. The van der Waals surface area contributed by atoms with E-state index in [0.717, 1.165) is 22.6 Å². The molecule has 6 rings (SSSR count). The summed E-state index contributed by atoms with van der Waals surface area (Å²) in [7, 11) is 0. The lowest BCUT2D eigenvalue weighted by atomic mass is 9.99. The van der Waals surface area contributed by atoms with Gasteiger partial charge in [-0.2, -0.15) is 4.98 Å². The van der Waals surface area contributed by atoms with Gasteiger partial charge >= 0.3 is 0 Å². The van der Waals surface area contributed by atoms with Gasteiger partial charge < -0.3 is 25.1 Å². The van der Waals surface area contributed by atoms with Gasteiger partial charge in [0.1, 0.15) is 17.6 Å². The molecule has 35 heavy (non-hydrogen) atoms. The molecule has 3 fully saturated rings. The monoisotopic (exact) mass is 486 g/mol. The zero-order valence-electron chi connectivity index (χ0n) is 19.6. The second-order valence-electron chi connectivity index (χ2n) is 10.1. The number of anilines is 3. The maximum Gasteiger partial charge on any atom is 0.275 e. The smallest absolute Gasteiger partial charge is 0.275 e. The molecule has 0 aromatic carbocycles. The van der Waals surface area contributed by atoms with E-state index in [4.69, 9.17) is 20.4 Å². The molecule has 5 heterocycles. The third-order valence-electron chi connectivity index (χ3n) is 7.92. The van der Waals surface area contributed by atoms with Crippen LogP contribution in [0.3, 0.4) is 0 Å². The molecule has 4 aliphatic rings. The Labute approximate surface area is 201 Å². The number of nitrogens with two attached hydrogens (primary N) is 1. The van der Waals surface area contributed by atoms with Crippen LogP contribution in [0.4, 0.5) is 26.5 Å². The number of nitrogen functional groups attached to an aromatic ring is 1. The minimum absolute atomic E-state index is 0.189. The zero-order valence-corrected chi connectivity index (χ0v) is 19.6. The Morgan fingerprint density at radius 2 is 1.83 bits per heavy atom. The fraction of sp³-hybridized carbons (Fsp3) is 0.609. The van der Waals surface area contributed by atoms with E-state index in [1.54, 1.807) is 17.3 Å². The third-order valence-corrected chi connectivity index (χ3v) is 7.92. The molecule has 2 aromatic rings. The van der Waals surface area contributed by atoms with Gasteiger partial charge in [-0.3, -0.25) is 4.90 Å². The summed E-state index contributed by atoms with van der Waals surface area (Å²) in [6.45, 7) is 6.13. The molecule has 2 aromatic heterocycles. The second kappa shape index (κ2) is 7.76. The molecule has 186 valence electrons. The highest BCUT2D eigenvalue weighted by Crippen LogP contribution is 2.57. The molecule has 10 nitrogen and oxygen atoms in total. The molecular weight excluding hydrogens is 458 g/mol. The number of aromatic nitrogens is 4. The van der Waals surface area contributed by atoms with E-state index in [0.29, 0.717) is 71.0 Å². The van der Waals surface area contributed by atoms with Crippen molar-refractivity contribution < 1.29 is 18.3 Å². The zero-order chi connectivity index (χ0) is 24.4. The van der Waals surface area contributed by atoms with Crippen LogP contribution in [0, 0.1) is 0 Å². The lowest BCUT2D eigenvalue weighted by Gasteiger charge is -2.38. The topological polar surface area (TPSA) is 114 Å². The molecule has 1 aliphatic carbocycles. The van der Waals surface area contributed by atoms with E-state index < -0.39 is 23.4 Å². The minimum Gasteiger partial charge on any atom is -0.378 e. The van der Waals surface area contributed by atoms with Crippen LogP contribution >= 0.6 is 0 Å². The van der Waals surface area contributed by atoms with Crippen LogP contribution in [-0.4, -0.2) is 94.1 Å². The molecule has 0 radical (unpaired) electrons. The quantitative estimate of drug-likeness (QED) is 0.618. The van der Waals surface area contributed by atoms with Gasteiger partial charge in [-0.1, -0.05) is 0 Å². The summed E-state index contributed by atoms with van der Waals surface area (Å²) in [6, 6.07) is 0. The van der Waals surface area contributed by atoms with Crippen molar-refractivity contribution in [2.45, 2.75) is 43.2 Å². The summed E-state index contributed by atoms with van der Waals surface area (Å²) in [5, 5.41) is 0. The van der Waals surface area contributed by atoms with Crippen molar-refractivity contribution in [3.8, 4) is 11.3 Å². The highest BCUT2D eigenvalue weighted by molar-refractivity contribution is 5.74. The Morgan fingerprint density at radius 1 is 1.11 bits per heavy atom. The third kappa shape index (κ3) is 3.45. The van der Waals surface area contributed by atoms with Crippen LogP contribution in [0.25, 0.3) is 11.3 Å². The summed E-state index contributed by atoms with van der Waals surface area (Å²) in [5.41, 5.74) is 6.10. The van der Waals surface area contributed by atoms with Crippen LogP contribution < -0.4 is 15.5 Å². The van der Waals surface area contributed by atoms with Gasteiger partial charge in [0.25, 0.3) is 5.92 Å². The SMILES string of the molecule is C[C@]1(N2CCc3c(-c4cnc(N)nc4)nc(N4CCOCC4)nc32)CCN([C@]2(C=O)CC2(F)F)C1. The van der Waals surface area contributed by atoms with Gasteiger partial charge in [0.2, 0.25) is 11.9 Å². The van der Waals surface area contributed by atoms with Crippen molar-refractivity contribution in [3.05, 3.63) is 18.0 Å². The maximum atomic E-state index is 14.2. The number of halogens is 2. The first kappa shape index (κ1) is 22.5. The average Bonchev–Trinajstić information content (AvgIpc) is 3.16. The predicted octanol–water partition coefficient (Wildman–Crippen LogP) is 1.16. The van der Waals surface area contributed by atoms with Gasteiger partial charge in [-0.05, 0) is 19.8 Å². The van der Waals surface area contributed by atoms with Gasteiger partial charge in [-0.15, -0.1) is 0 Å². The number of ether oxygens (including phenoxy) is 1. The summed E-state index contributed by atoms with van der Waals surface area (Å²) in [5.74, 6) is -1.37. The fourth-order valence-corrected chi connectivity index (χ4v) is 5.72. The number of carbonyl (C=O) groups excluding carboxylic acids is 1. The number of nitrogens with zero attached hydrogens (tertiary/aromatic N) is 7. The predicted molar refractivity (Wildman–Crippen MR) is 125 cm³/mol. The molecule has 0 unspecified atom stereocenters. The maximum absolute atomic E-state index is 14.2. The number of hydrogen-bond acceptors (Lipinski definition) is 10. The number of hydrogen-bond donors (Lipinski definition) is 1. The standard InChI is InChI=1S/C23H28F2N8O2/c1-21(3-5-32(13-21)22(14-34)12-23(22,24)25)33-4-2-16-17(15-10-27-19(26)28-11-15)29-20(30-18(16)33)31-6-8-35-9-7-31/h10-11,14H,2-9,12-13H2,1H3,(H2,26,27,28)/t21-,22-/m0/s1. The second-order valence-corrected chi connectivity index (χ2v) is 10.1. The van der Waals surface area contributed by atoms with Crippen molar-refractivity contribution in [3.63, 3.8) is 0 Å². The lowest BCUT2D eigenvalue weighted by Crippen LogP contribution is -2.51. The molecule has 2 N–H and O–H groups in total. The van der Waals surface area contributed by atoms with Gasteiger partial charge in [0.05, 0.1) is 24.4 Å². The molecule has 12 heteroatoms. The van der Waals surface area contributed by atoms with Crippen molar-refractivity contribution in [2.24, 2.45) is 0 Å². The van der Waals surface area contributed by atoms with Crippen molar-refractivity contribution in [2.75, 3.05) is 61.5 Å². The van der Waals surface area contributed by atoms with Crippen LogP contribution in [-0.2, 0) is 16.0 Å². The van der Waals surface area contributed by atoms with Gasteiger partial charge in [-0.25, -0.2) is 23.7 Å². The van der Waals surface area contributed by atoms with Gasteiger partial charge in [0, 0.05) is 62.7 Å².